The number of carboxylic acids is 1. The zero-order valence-electron chi connectivity index (χ0n) is 7.39. The van der Waals surface area contributed by atoms with Crippen molar-refractivity contribution in [2.45, 2.75) is 32.0 Å². The van der Waals surface area contributed by atoms with Crippen LogP contribution in [-0.2, 0) is 9.59 Å². The van der Waals surface area contributed by atoms with Gasteiger partial charge in [0.05, 0.1) is 0 Å². The maximum Gasteiger partial charge on any atom is 0.408 e. The summed E-state index contributed by atoms with van der Waals surface area (Å²) in [5.41, 5.74) is 0. The van der Waals surface area contributed by atoms with Crippen molar-refractivity contribution in [2.24, 2.45) is 0 Å². The van der Waals surface area contributed by atoms with E-state index in [0.29, 0.717) is 0 Å². The zero-order valence-corrected chi connectivity index (χ0v) is 7.39. The highest BCUT2D eigenvalue weighted by Crippen LogP contribution is 2.23. The summed E-state index contributed by atoms with van der Waals surface area (Å²) in [5.74, 6) is -2.16. The SMILES string of the molecule is CC(=O)N[C@@H](CCC(=O)O)C(F)(F)F. The smallest absolute Gasteiger partial charge is 0.408 e. The van der Waals surface area contributed by atoms with Gasteiger partial charge in [0, 0.05) is 13.3 Å². The molecule has 0 bridgehead atoms. The number of nitrogens with one attached hydrogen (secondary N) is 1. The Morgan fingerprint density at radius 1 is 1.43 bits per heavy atom. The number of alkyl halides is 3. The van der Waals surface area contributed by atoms with E-state index >= 15 is 0 Å². The van der Waals surface area contributed by atoms with E-state index in [1.54, 1.807) is 5.32 Å². The van der Waals surface area contributed by atoms with Gasteiger partial charge in [0.25, 0.3) is 0 Å². The van der Waals surface area contributed by atoms with Crippen LogP contribution in [0.4, 0.5) is 13.2 Å². The highest BCUT2D eigenvalue weighted by Gasteiger charge is 2.40. The molecule has 7 heteroatoms. The monoisotopic (exact) mass is 213 g/mol. The van der Waals surface area contributed by atoms with Crippen molar-refractivity contribution in [1.82, 2.24) is 5.32 Å². The molecule has 0 aliphatic rings. The molecular weight excluding hydrogens is 203 g/mol. The molecule has 0 heterocycles. The van der Waals surface area contributed by atoms with Crippen molar-refractivity contribution in [3.8, 4) is 0 Å². The minimum absolute atomic E-state index is 0.634. The second-order valence-electron chi connectivity index (χ2n) is 2.73. The highest BCUT2D eigenvalue weighted by molar-refractivity contribution is 5.73. The van der Waals surface area contributed by atoms with Gasteiger partial charge in [-0.25, -0.2) is 0 Å². The summed E-state index contributed by atoms with van der Waals surface area (Å²) in [5, 5.41) is 9.83. The van der Waals surface area contributed by atoms with E-state index in [-0.39, 0.29) is 0 Å². The quantitative estimate of drug-likeness (QED) is 0.729. The van der Waals surface area contributed by atoms with Gasteiger partial charge in [-0.1, -0.05) is 0 Å². The van der Waals surface area contributed by atoms with Crippen LogP contribution >= 0.6 is 0 Å². The van der Waals surface area contributed by atoms with Crippen LogP contribution in [0.25, 0.3) is 0 Å². The Morgan fingerprint density at radius 3 is 2.21 bits per heavy atom. The van der Waals surface area contributed by atoms with Crippen molar-refractivity contribution in [3.05, 3.63) is 0 Å². The van der Waals surface area contributed by atoms with Gasteiger partial charge in [0.15, 0.2) is 0 Å². The summed E-state index contributed by atoms with van der Waals surface area (Å²) >= 11 is 0. The summed E-state index contributed by atoms with van der Waals surface area (Å²) in [4.78, 5) is 20.4. The van der Waals surface area contributed by atoms with Crippen molar-refractivity contribution >= 4 is 11.9 Å². The molecule has 0 saturated carbocycles. The van der Waals surface area contributed by atoms with Gasteiger partial charge >= 0.3 is 12.1 Å². The molecule has 0 aliphatic heterocycles. The minimum atomic E-state index is -4.61. The molecule has 0 unspecified atom stereocenters. The molecule has 4 nitrogen and oxygen atoms in total. The Bertz CT molecular complexity index is 227. The number of hydrogen-bond donors (Lipinski definition) is 2. The topological polar surface area (TPSA) is 66.4 Å². The lowest BCUT2D eigenvalue weighted by atomic mass is 10.1. The summed E-state index contributed by atoms with van der Waals surface area (Å²) < 4.78 is 36.4. The van der Waals surface area contributed by atoms with Crippen LogP contribution in [0.1, 0.15) is 19.8 Å². The normalized spacial score (nSPS) is 13.4. The average Bonchev–Trinajstić information content (AvgIpc) is 1.94. The first kappa shape index (κ1) is 12.7. The van der Waals surface area contributed by atoms with Gasteiger partial charge in [-0.2, -0.15) is 13.2 Å². The summed E-state index contributed by atoms with van der Waals surface area (Å²) in [6.07, 6.45) is -5.90. The van der Waals surface area contributed by atoms with Crippen LogP contribution < -0.4 is 5.32 Å². The van der Waals surface area contributed by atoms with Crippen LogP contribution in [-0.4, -0.2) is 29.2 Å². The molecule has 82 valence electrons. The Hall–Kier alpha value is -1.27. The van der Waals surface area contributed by atoms with Crippen molar-refractivity contribution in [2.75, 3.05) is 0 Å². The second kappa shape index (κ2) is 4.83. The van der Waals surface area contributed by atoms with Gasteiger partial charge in [-0.05, 0) is 6.42 Å². The average molecular weight is 213 g/mol. The summed E-state index contributed by atoms with van der Waals surface area (Å²) in [6, 6.07) is -2.09. The van der Waals surface area contributed by atoms with E-state index in [1.165, 1.54) is 0 Å². The van der Waals surface area contributed by atoms with E-state index in [0.717, 1.165) is 6.92 Å². The molecule has 0 aromatic carbocycles. The molecule has 2 N–H and O–H groups in total. The Morgan fingerprint density at radius 2 is 1.93 bits per heavy atom. The lowest BCUT2D eigenvalue weighted by Gasteiger charge is -2.19. The molecule has 0 aromatic rings. The van der Waals surface area contributed by atoms with Crippen molar-refractivity contribution in [3.63, 3.8) is 0 Å². The fraction of sp³-hybridized carbons (Fsp3) is 0.714. The number of carbonyl (C=O) groups is 2. The Kier molecular flexibility index (Phi) is 4.39. The molecule has 1 atom stereocenters. The first-order valence-electron chi connectivity index (χ1n) is 3.79. The number of hydrogen-bond acceptors (Lipinski definition) is 2. The summed E-state index contributed by atoms with van der Waals surface area (Å²) in [6.45, 7) is 0.944. The number of rotatable bonds is 4. The van der Waals surface area contributed by atoms with Gasteiger partial charge < -0.3 is 10.4 Å². The van der Waals surface area contributed by atoms with E-state index in [9.17, 15) is 22.8 Å². The number of aliphatic carboxylic acids is 1. The van der Waals surface area contributed by atoms with Crippen molar-refractivity contribution in [1.29, 1.82) is 0 Å². The third-order valence-corrected chi connectivity index (χ3v) is 1.42. The van der Waals surface area contributed by atoms with Crippen LogP contribution in [0.5, 0.6) is 0 Å². The van der Waals surface area contributed by atoms with Gasteiger partial charge in [0.1, 0.15) is 6.04 Å². The van der Waals surface area contributed by atoms with E-state index in [2.05, 4.69) is 0 Å². The molecule has 0 spiro atoms. The van der Waals surface area contributed by atoms with Crippen molar-refractivity contribution < 1.29 is 27.9 Å². The van der Waals surface area contributed by atoms with Crippen LogP contribution in [0.2, 0.25) is 0 Å². The number of carboxylic acid groups (broad SMARTS) is 1. The fourth-order valence-electron chi connectivity index (χ4n) is 0.831. The fourth-order valence-corrected chi connectivity index (χ4v) is 0.831. The molecular formula is C7H10F3NO3. The Labute approximate surface area is 78.1 Å². The molecule has 0 fully saturated rings. The first-order valence-corrected chi connectivity index (χ1v) is 3.79. The largest absolute Gasteiger partial charge is 0.481 e. The van der Waals surface area contributed by atoms with E-state index in [4.69, 9.17) is 5.11 Å². The van der Waals surface area contributed by atoms with Gasteiger partial charge in [0.2, 0.25) is 5.91 Å². The maximum atomic E-state index is 12.1. The third kappa shape index (κ3) is 5.39. The molecule has 0 aromatic heterocycles. The standard InChI is InChI=1S/C7H10F3NO3/c1-4(12)11-5(7(8,9)10)2-3-6(13)14/h5H,2-3H2,1H3,(H,11,12)(H,13,14)/t5-/m0/s1. The van der Waals surface area contributed by atoms with Gasteiger partial charge in [-0.15, -0.1) is 0 Å². The number of halogens is 3. The maximum absolute atomic E-state index is 12.1. The molecule has 0 saturated heterocycles. The molecule has 0 rings (SSSR count). The minimum Gasteiger partial charge on any atom is -0.481 e. The highest BCUT2D eigenvalue weighted by atomic mass is 19.4. The zero-order chi connectivity index (χ0) is 11.4. The van der Waals surface area contributed by atoms with Crippen LogP contribution in [0, 0.1) is 0 Å². The predicted molar refractivity (Wildman–Crippen MR) is 40.5 cm³/mol. The first-order chi connectivity index (χ1) is 6.23. The van der Waals surface area contributed by atoms with Crippen LogP contribution in [0.15, 0.2) is 0 Å². The van der Waals surface area contributed by atoms with E-state index < -0.39 is 36.9 Å². The summed E-state index contributed by atoms with van der Waals surface area (Å²) in [7, 11) is 0. The lowest BCUT2D eigenvalue weighted by Crippen LogP contribution is -2.44. The molecule has 14 heavy (non-hydrogen) atoms. The van der Waals surface area contributed by atoms with Crippen LogP contribution in [0.3, 0.4) is 0 Å². The second-order valence-corrected chi connectivity index (χ2v) is 2.73. The Balaban J connectivity index is 4.26. The lowest BCUT2D eigenvalue weighted by molar-refractivity contribution is -0.164. The number of amides is 1. The third-order valence-electron chi connectivity index (χ3n) is 1.42. The number of carbonyl (C=O) groups excluding carboxylic acids is 1. The van der Waals surface area contributed by atoms with Gasteiger partial charge in [-0.3, -0.25) is 9.59 Å². The molecule has 1 amide bonds. The van der Waals surface area contributed by atoms with E-state index in [1.807, 2.05) is 0 Å². The molecule has 0 radical (unpaired) electrons. The predicted octanol–water partition coefficient (Wildman–Crippen LogP) is 0.918. The molecule has 0 aliphatic carbocycles.